The van der Waals surface area contributed by atoms with Gasteiger partial charge in [0.2, 0.25) is 17.4 Å². The zero-order valence-corrected chi connectivity index (χ0v) is 23.9. The first kappa shape index (κ1) is 32.6. The molecule has 3 aromatic rings. The molecular formula is C29H28F4N2O8. The van der Waals surface area contributed by atoms with Crippen LogP contribution in [-0.2, 0) is 14.3 Å². The summed E-state index contributed by atoms with van der Waals surface area (Å²) in [7, 11) is 3.43. The summed E-state index contributed by atoms with van der Waals surface area (Å²) in [5.74, 6) is -10.5. The Labute approximate surface area is 243 Å². The molecule has 0 bridgehead atoms. The molecular weight excluding hydrogens is 580 g/mol. The summed E-state index contributed by atoms with van der Waals surface area (Å²) in [5, 5.41) is 2.37. The van der Waals surface area contributed by atoms with Gasteiger partial charge in [-0.1, -0.05) is 12.1 Å². The van der Waals surface area contributed by atoms with Gasteiger partial charge in [-0.05, 0) is 26.0 Å². The number of benzene rings is 2. The van der Waals surface area contributed by atoms with Crippen LogP contribution in [0.1, 0.15) is 48.3 Å². The molecule has 0 spiro atoms. The first-order valence-corrected chi connectivity index (χ1v) is 12.6. The molecule has 0 saturated carbocycles. The number of nitrogens with zero attached hydrogens (tertiary/aromatic N) is 1. The van der Waals surface area contributed by atoms with Crippen LogP contribution in [0.15, 0.2) is 36.5 Å². The van der Waals surface area contributed by atoms with Crippen molar-refractivity contribution >= 4 is 17.8 Å². The van der Waals surface area contributed by atoms with Crippen molar-refractivity contribution in [3.05, 3.63) is 76.6 Å². The lowest BCUT2D eigenvalue weighted by Gasteiger charge is -2.29. The molecule has 0 fully saturated rings. The average Bonchev–Trinajstić information content (AvgIpc) is 2.96. The number of aromatic nitrogens is 1. The summed E-state index contributed by atoms with van der Waals surface area (Å²) < 4.78 is 83.4. The first-order chi connectivity index (χ1) is 20.4. The van der Waals surface area contributed by atoms with Crippen molar-refractivity contribution in [3.63, 3.8) is 0 Å². The molecule has 1 heterocycles. The highest BCUT2D eigenvalue weighted by Gasteiger charge is 2.35. The number of carbonyl (C=O) groups excluding carboxylic acids is 3. The van der Waals surface area contributed by atoms with E-state index in [9.17, 15) is 31.9 Å². The van der Waals surface area contributed by atoms with Gasteiger partial charge in [0.05, 0.1) is 27.2 Å². The zero-order chi connectivity index (χ0) is 32.0. The molecule has 2 atom stereocenters. The maximum Gasteiger partial charge on any atom is 0.328 e. The second-order valence-electron chi connectivity index (χ2n) is 9.07. The van der Waals surface area contributed by atoms with Crippen LogP contribution < -0.4 is 24.3 Å². The van der Waals surface area contributed by atoms with E-state index in [0.717, 1.165) is 45.4 Å². The third-order valence-electron chi connectivity index (χ3n) is 6.26. The largest absolute Gasteiger partial charge is 0.493 e. The third kappa shape index (κ3) is 6.96. The molecule has 43 heavy (non-hydrogen) atoms. The number of rotatable bonds is 11. The van der Waals surface area contributed by atoms with Gasteiger partial charge >= 0.3 is 11.9 Å². The Morgan fingerprint density at radius 2 is 1.33 bits per heavy atom. The van der Waals surface area contributed by atoms with Gasteiger partial charge in [0, 0.05) is 30.3 Å². The standard InChI is InChI=1S/C29H28F4N2O8/c1-13(35-28(37)24-27(43-15(3)36)20(39-4)11-12-34-24)29(38)42-14(2)21(16-7-9-18(30)22(32)25(16)40-5)17-8-10-19(31)23(33)26(17)41-6/h7-14,21H,1-6H3,(H,35,37)/t13-,14-/m0/s1. The SMILES string of the molecule is COc1ccnc(C(=O)N[C@@H](C)C(=O)O[C@@H](C)C(c2ccc(F)c(F)c2OC)c2ccc(F)c(F)c2OC)c1OC(C)=O. The minimum absolute atomic E-state index is 0.0306. The first-order valence-electron chi connectivity index (χ1n) is 12.6. The molecule has 0 aliphatic rings. The quantitative estimate of drug-likeness (QED) is 0.248. The average molecular weight is 609 g/mol. The van der Waals surface area contributed by atoms with Crippen molar-refractivity contribution in [1.29, 1.82) is 0 Å². The number of pyridine rings is 1. The van der Waals surface area contributed by atoms with Crippen molar-refractivity contribution in [3.8, 4) is 23.0 Å². The number of esters is 2. The van der Waals surface area contributed by atoms with Gasteiger partial charge in [0.15, 0.2) is 34.6 Å². The predicted octanol–water partition coefficient (Wildman–Crippen LogP) is 4.47. The Morgan fingerprint density at radius 1 is 0.791 bits per heavy atom. The monoisotopic (exact) mass is 608 g/mol. The predicted molar refractivity (Wildman–Crippen MR) is 142 cm³/mol. The van der Waals surface area contributed by atoms with E-state index in [1.54, 1.807) is 0 Å². The maximum absolute atomic E-state index is 14.7. The van der Waals surface area contributed by atoms with Gasteiger partial charge in [-0.3, -0.25) is 9.59 Å². The molecule has 10 nitrogen and oxygen atoms in total. The summed E-state index contributed by atoms with van der Waals surface area (Å²) in [6.45, 7) is 3.75. The molecule has 3 rings (SSSR count). The molecule has 1 N–H and O–H groups in total. The lowest BCUT2D eigenvalue weighted by Crippen LogP contribution is -2.42. The van der Waals surface area contributed by atoms with Crippen LogP contribution in [-0.4, -0.2) is 56.3 Å². The fourth-order valence-electron chi connectivity index (χ4n) is 4.34. The molecule has 0 unspecified atom stereocenters. The van der Waals surface area contributed by atoms with E-state index < -0.39 is 70.7 Å². The highest BCUT2D eigenvalue weighted by Crippen LogP contribution is 2.42. The van der Waals surface area contributed by atoms with Gasteiger partial charge in [-0.2, -0.15) is 8.78 Å². The lowest BCUT2D eigenvalue weighted by molar-refractivity contribution is -0.150. The minimum Gasteiger partial charge on any atom is -0.493 e. The van der Waals surface area contributed by atoms with Crippen LogP contribution in [0.5, 0.6) is 23.0 Å². The van der Waals surface area contributed by atoms with Crippen molar-refractivity contribution < 1.29 is 55.6 Å². The summed E-state index contributed by atoms with van der Waals surface area (Å²) in [4.78, 5) is 41.6. The topological polar surface area (TPSA) is 122 Å². The minimum atomic E-state index is -1.36. The van der Waals surface area contributed by atoms with Crippen molar-refractivity contribution in [2.45, 2.75) is 38.8 Å². The Bertz CT molecular complexity index is 1480. The smallest absolute Gasteiger partial charge is 0.328 e. The Balaban J connectivity index is 1.97. The van der Waals surface area contributed by atoms with Gasteiger partial charge in [0.25, 0.3) is 5.91 Å². The normalized spacial score (nSPS) is 12.3. The summed E-state index contributed by atoms with van der Waals surface area (Å²) >= 11 is 0. The maximum atomic E-state index is 14.7. The second-order valence-corrected chi connectivity index (χ2v) is 9.07. The molecule has 230 valence electrons. The number of nitrogens with one attached hydrogen (secondary N) is 1. The van der Waals surface area contributed by atoms with Crippen LogP contribution in [0.2, 0.25) is 0 Å². The highest BCUT2D eigenvalue weighted by molar-refractivity contribution is 5.98. The zero-order valence-electron chi connectivity index (χ0n) is 23.9. The molecule has 0 aliphatic carbocycles. The molecule has 1 aromatic heterocycles. The summed E-state index contributed by atoms with van der Waals surface area (Å²) in [5.41, 5.74) is -0.512. The molecule has 0 aliphatic heterocycles. The van der Waals surface area contributed by atoms with Crippen molar-refractivity contribution in [2.75, 3.05) is 21.3 Å². The van der Waals surface area contributed by atoms with Crippen LogP contribution in [0.25, 0.3) is 0 Å². The van der Waals surface area contributed by atoms with E-state index in [-0.39, 0.29) is 28.3 Å². The van der Waals surface area contributed by atoms with Crippen LogP contribution in [0.4, 0.5) is 17.6 Å². The number of halogens is 4. The molecule has 0 radical (unpaired) electrons. The van der Waals surface area contributed by atoms with Gasteiger partial charge in [-0.25, -0.2) is 18.6 Å². The highest BCUT2D eigenvalue weighted by atomic mass is 19.2. The van der Waals surface area contributed by atoms with Gasteiger partial charge in [-0.15, -0.1) is 0 Å². The Kier molecular flexibility index (Phi) is 10.5. The number of ether oxygens (including phenoxy) is 5. The van der Waals surface area contributed by atoms with Crippen molar-refractivity contribution in [1.82, 2.24) is 10.3 Å². The van der Waals surface area contributed by atoms with Crippen molar-refractivity contribution in [2.24, 2.45) is 0 Å². The third-order valence-corrected chi connectivity index (χ3v) is 6.26. The van der Waals surface area contributed by atoms with E-state index in [1.165, 1.54) is 33.2 Å². The molecule has 2 aromatic carbocycles. The van der Waals surface area contributed by atoms with Gasteiger partial charge < -0.3 is 29.0 Å². The Hall–Kier alpha value is -4.88. The fourth-order valence-corrected chi connectivity index (χ4v) is 4.34. The number of methoxy groups -OCH3 is 3. The Morgan fingerprint density at radius 3 is 1.79 bits per heavy atom. The number of carbonyl (C=O) groups is 3. The van der Waals surface area contributed by atoms with Gasteiger partial charge in [0.1, 0.15) is 12.1 Å². The van der Waals surface area contributed by atoms with E-state index in [1.807, 2.05) is 0 Å². The lowest BCUT2D eigenvalue weighted by atomic mass is 9.85. The second kappa shape index (κ2) is 13.9. The van der Waals surface area contributed by atoms with E-state index in [2.05, 4.69) is 10.3 Å². The van der Waals surface area contributed by atoms with Crippen LogP contribution >= 0.6 is 0 Å². The molecule has 14 heteroatoms. The molecule has 1 amide bonds. The number of amides is 1. The summed E-state index contributed by atoms with van der Waals surface area (Å²) in [6.07, 6.45) is -0.0585. The van der Waals surface area contributed by atoms with Crippen LogP contribution in [0.3, 0.4) is 0 Å². The van der Waals surface area contributed by atoms with E-state index >= 15 is 0 Å². The molecule has 0 saturated heterocycles. The number of hydrogen-bond donors (Lipinski definition) is 1. The number of hydrogen-bond acceptors (Lipinski definition) is 9. The van der Waals surface area contributed by atoms with Crippen LogP contribution in [0, 0.1) is 23.3 Å². The fraction of sp³-hybridized carbons (Fsp3) is 0.310. The van der Waals surface area contributed by atoms with E-state index in [4.69, 9.17) is 23.7 Å². The summed E-state index contributed by atoms with van der Waals surface area (Å²) in [6, 6.07) is 3.89. The van der Waals surface area contributed by atoms with E-state index in [0.29, 0.717) is 0 Å².